The van der Waals surface area contributed by atoms with E-state index in [9.17, 15) is 8.78 Å². The number of hydrogen-bond donors (Lipinski definition) is 2. The summed E-state index contributed by atoms with van der Waals surface area (Å²) >= 11 is 0. The fourth-order valence-corrected chi connectivity index (χ4v) is 2.47. The first-order valence-corrected chi connectivity index (χ1v) is 9.34. The first-order valence-electron chi connectivity index (χ1n) is 9.34. The molecule has 0 aliphatic heterocycles. The van der Waals surface area contributed by atoms with Crippen LogP contribution in [0.4, 0.5) is 8.78 Å². The van der Waals surface area contributed by atoms with Crippen LogP contribution < -0.4 is 15.4 Å². The molecule has 162 valence electrons. The maximum atomic E-state index is 12.6. The molecular weight excluding hydrogens is 495 g/mol. The second-order valence-electron chi connectivity index (χ2n) is 5.88. The number of rotatable bonds is 12. The van der Waals surface area contributed by atoms with Gasteiger partial charge in [0.1, 0.15) is 11.5 Å². The van der Waals surface area contributed by atoms with Crippen molar-refractivity contribution in [1.29, 1.82) is 0 Å². The highest BCUT2D eigenvalue weighted by molar-refractivity contribution is 14.0. The van der Waals surface area contributed by atoms with Gasteiger partial charge in [-0.25, -0.2) is 4.99 Å². The van der Waals surface area contributed by atoms with Gasteiger partial charge in [-0.3, -0.25) is 0 Å². The Bertz CT molecular complexity index is 700. The molecule has 29 heavy (non-hydrogen) atoms. The van der Waals surface area contributed by atoms with Gasteiger partial charge in [-0.05, 0) is 31.5 Å². The summed E-state index contributed by atoms with van der Waals surface area (Å²) < 4.78 is 40.3. The van der Waals surface area contributed by atoms with Gasteiger partial charge in [0, 0.05) is 38.3 Å². The lowest BCUT2D eigenvalue weighted by Gasteiger charge is -2.13. The minimum absolute atomic E-state index is 0. The largest absolute Gasteiger partial charge is 0.469 e. The van der Waals surface area contributed by atoms with Gasteiger partial charge >= 0.3 is 6.61 Å². The first kappa shape index (κ1) is 25.2. The molecule has 0 fully saturated rings. The van der Waals surface area contributed by atoms with Crippen LogP contribution in [-0.4, -0.2) is 38.9 Å². The van der Waals surface area contributed by atoms with Crippen molar-refractivity contribution in [3.63, 3.8) is 0 Å². The van der Waals surface area contributed by atoms with E-state index in [2.05, 4.69) is 20.4 Å². The summed E-state index contributed by atoms with van der Waals surface area (Å²) in [4.78, 5) is 4.50. The topological polar surface area (TPSA) is 68.0 Å². The predicted octanol–water partition coefficient (Wildman–Crippen LogP) is 4.20. The number of benzene rings is 1. The molecule has 1 aromatic carbocycles. The molecule has 0 atom stereocenters. The number of furan rings is 1. The fourth-order valence-electron chi connectivity index (χ4n) is 2.47. The zero-order valence-corrected chi connectivity index (χ0v) is 18.7. The van der Waals surface area contributed by atoms with Crippen LogP contribution in [-0.2, 0) is 17.7 Å². The zero-order valence-electron chi connectivity index (χ0n) is 16.4. The van der Waals surface area contributed by atoms with Crippen molar-refractivity contribution in [2.24, 2.45) is 4.99 Å². The zero-order chi connectivity index (χ0) is 20.0. The lowest BCUT2D eigenvalue weighted by molar-refractivity contribution is -0.0504. The predicted molar refractivity (Wildman–Crippen MR) is 119 cm³/mol. The number of nitrogens with zero attached hydrogens (tertiary/aromatic N) is 1. The molecule has 2 rings (SSSR count). The molecule has 0 saturated carbocycles. The number of nitrogens with one attached hydrogen (secondary N) is 2. The van der Waals surface area contributed by atoms with Crippen molar-refractivity contribution >= 4 is 29.9 Å². The van der Waals surface area contributed by atoms with Gasteiger partial charge in [-0.15, -0.1) is 24.0 Å². The van der Waals surface area contributed by atoms with E-state index >= 15 is 0 Å². The lowest BCUT2D eigenvalue weighted by atomic mass is 10.2. The second-order valence-corrected chi connectivity index (χ2v) is 5.88. The van der Waals surface area contributed by atoms with Gasteiger partial charge in [0.15, 0.2) is 5.96 Å². The van der Waals surface area contributed by atoms with Gasteiger partial charge in [-0.2, -0.15) is 8.78 Å². The molecule has 0 saturated heterocycles. The molecule has 0 bridgehead atoms. The van der Waals surface area contributed by atoms with Gasteiger partial charge in [0.2, 0.25) is 0 Å². The van der Waals surface area contributed by atoms with Crippen LogP contribution in [0.3, 0.4) is 0 Å². The molecule has 1 heterocycles. The van der Waals surface area contributed by atoms with E-state index in [-0.39, 0.29) is 36.3 Å². The van der Waals surface area contributed by atoms with Crippen molar-refractivity contribution in [1.82, 2.24) is 10.6 Å². The van der Waals surface area contributed by atoms with Crippen LogP contribution in [0.5, 0.6) is 5.75 Å². The van der Waals surface area contributed by atoms with E-state index in [1.807, 2.05) is 19.1 Å². The van der Waals surface area contributed by atoms with Crippen molar-refractivity contribution < 1.29 is 22.7 Å². The Morgan fingerprint density at radius 1 is 1.14 bits per heavy atom. The van der Waals surface area contributed by atoms with Crippen LogP contribution in [0, 0.1) is 0 Å². The van der Waals surface area contributed by atoms with E-state index in [1.54, 1.807) is 24.5 Å². The SMILES string of the molecule is CCOCCCNC(=NCc1ccccc1OC(F)F)NCCc1ccco1.I. The van der Waals surface area contributed by atoms with E-state index in [4.69, 9.17) is 9.15 Å². The summed E-state index contributed by atoms with van der Waals surface area (Å²) in [5, 5.41) is 6.46. The number of ether oxygens (including phenoxy) is 2. The van der Waals surface area contributed by atoms with Crippen LogP contribution in [0.15, 0.2) is 52.1 Å². The number of para-hydroxylation sites is 1. The van der Waals surface area contributed by atoms with Crippen LogP contribution in [0.1, 0.15) is 24.7 Å². The normalized spacial score (nSPS) is 11.2. The molecule has 0 aliphatic rings. The molecule has 0 unspecified atom stereocenters. The molecule has 0 amide bonds. The van der Waals surface area contributed by atoms with Crippen LogP contribution >= 0.6 is 24.0 Å². The summed E-state index contributed by atoms with van der Waals surface area (Å²) in [5.41, 5.74) is 0.587. The first-order chi connectivity index (χ1) is 13.7. The third kappa shape index (κ3) is 10.5. The molecule has 0 spiro atoms. The second kappa shape index (κ2) is 15.0. The Morgan fingerprint density at radius 2 is 1.93 bits per heavy atom. The Kier molecular flexibility index (Phi) is 13.0. The summed E-state index contributed by atoms with van der Waals surface area (Å²) in [6.07, 6.45) is 3.17. The number of alkyl halides is 2. The highest BCUT2D eigenvalue weighted by Crippen LogP contribution is 2.20. The molecule has 2 N–H and O–H groups in total. The molecule has 0 radical (unpaired) electrons. The molecule has 0 aliphatic carbocycles. The highest BCUT2D eigenvalue weighted by atomic mass is 127. The average molecular weight is 523 g/mol. The number of hydrogen-bond acceptors (Lipinski definition) is 4. The maximum Gasteiger partial charge on any atom is 0.387 e. The minimum Gasteiger partial charge on any atom is -0.469 e. The Morgan fingerprint density at radius 3 is 2.66 bits per heavy atom. The highest BCUT2D eigenvalue weighted by Gasteiger charge is 2.09. The molecular formula is C20H28F2IN3O3. The van der Waals surface area contributed by atoms with E-state index in [0.717, 1.165) is 12.2 Å². The van der Waals surface area contributed by atoms with Gasteiger partial charge < -0.3 is 24.5 Å². The van der Waals surface area contributed by atoms with Crippen LogP contribution in [0.25, 0.3) is 0 Å². The standard InChI is InChI=1S/C20H27F2N3O3.HI/c1-2-26-13-6-11-23-20(24-12-10-17-8-5-14-27-17)25-15-16-7-3-4-9-18(16)28-19(21)22;/h3-5,7-9,14,19H,2,6,10-13,15H2,1H3,(H2,23,24,25);1H. The molecule has 6 nitrogen and oxygen atoms in total. The lowest BCUT2D eigenvalue weighted by Crippen LogP contribution is -2.39. The number of guanidine groups is 1. The monoisotopic (exact) mass is 523 g/mol. The third-order valence-corrected chi connectivity index (χ3v) is 3.80. The Labute approximate surface area is 187 Å². The average Bonchev–Trinajstić information content (AvgIpc) is 3.19. The van der Waals surface area contributed by atoms with E-state index in [0.29, 0.717) is 44.2 Å². The van der Waals surface area contributed by atoms with Crippen molar-refractivity contribution in [2.45, 2.75) is 32.9 Å². The van der Waals surface area contributed by atoms with Crippen LogP contribution in [0.2, 0.25) is 0 Å². The number of halogens is 3. The minimum atomic E-state index is -2.87. The van der Waals surface area contributed by atoms with Crippen molar-refractivity contribution in [3.05, 3.63) is 54.0 Å². The van der Waals surface area contributed by atoms with Gasteiger partial charge in [-0.1, -0.05) is 18.2 Å². The van der Waals surface area contributed by atoms with E-state index < -0.39 is 6.61 Å². The third-order valence-electron chi connectivity index (χ3n) is 3.80. The maximum absolute atomic E-state index is 12.6. The smallest absolute Gasteiger partial charge is 0.387 e. The quantitative estimate of drug-likeness (QED) is 0.189. The molecule has 1 aromatic heterocycles. The summed E-state index contributed by atoms with van der Waals surface area (Å²) in [6.45, 7) is 1.95. The van der Waals surface area contributed by atoms with Crippen molar-refractivity contribution in [2.75, 3.05) is 26.3 Å². The van der Waals surface area contributed by atoms with Crippen molar-refractivity contribution in [3.8, 4) is 5.75 Å². The van der Waals surface area contributed by atoms with Gasteiger partial charge in [0.25, 0.3) is 0 Å². The summed E-state index contributed by atoms with van der Waals surface area (Å²) in [5.74, 6) is 1.60. The fraction of sp³-hybridized carbons (Fsp3) is 0.450. The Hall–Kier alpha value is -1.88. The summed E-state index contributed by atoms with van der Waals surface area (Å²) in [6, 6.07) is 10.4. The van der Waals surface area contributed by atoms with E-state index in [1.165, 1.54) is 6.07 Å². The summed E-state index contributed by atoms with van der Waals surface area (Å²) in [7, 11) is 0. The van der Waals surface area contributed by atoms with Gasteiger partial charge in [0.05, 0.1) is 12.8 Å². The molecule has 9 heteroatoms. The number of aliphatic imine (C=N–C) groups is 1. The molecule has 2 aromatic rings. The Balaban J connectivity index is 0.00000420.